The highest BCUT2D eigenvalue weighted by molar-refractivity contribution is 7.84. The Morgan fingerprint density at radius 3 is 1.52 bits per heavy atom. The fraction of sp³-hybridized carbons (Fsp3) is 0.321. The van der Waals surface area contributed by atoms with Gasteiger partial charge in [-0.3, -0.25) is 13.8 Å². The van der Waals surface area contributed by atoms with Crippen LogP contribution in [0.4, 0.5) is 56.1 Å². The Balaban J connectivity index is 0.000000221. The summed E-state index contributed by atoms with van der Waals surface area (Å²) in [5.41, 5.74) is 4.18. The van der Waals surface area contributed by atoms with Crippen molar-refractivity contribution in [2.45, 2.75) is 65.2 Å². The molecule has 8 rings (SSSR count). The molecule has 6 aromatic rings. The first-order valence-electron chi connectivity index (χ1n) is 24.2. The molecule has 0 radical (unpaired) electrons. The van der Waals surface area contributed by atoms with E-state index >= 15 is 0 Å². The minimum atomic E-state index is -1.68. The van der Waals surface area contributed by atoms with Gasteiger partial charge in [-0.2, -0.15) is 4.98 Å². The number of rotatable bonds is 16. The molecule has 2 aliphatic heterocycles. The summed E-state index contributed by atoms with van der Waals surface area (Å²) in [6.45, 7) is 10.2. The molecule has 394 valence electrons. The summed E-state index contributed by atoms with van der Waals surface area (Å²) < 4.78 is 71.7. The van der Waals surface area contributed by atoms with Gasteiger partial charge in [0.25, 0.3) is 11.8 Å². The minimum absolute atomic E-state index is 0.0294. The number of fused-ring (bicyclic) bond motifs is 2. The van der Waals surface area contributed by atoms with Gasteiger partial charge in [0, 0.05) is 66.3 Å². The number of nitrogens with zero attached hydrogens (tertiary/aromatic N) is 8. The van der Waals surface area contributed by atoms with E-state index in [0.717, 1.165) is 71.0 Å². The van der Waals surface area contributed by atoms with Crippen LogP contribution in [0.5, 0.6) is 0 Å². The number of hydrogen-bond donors (Lipinski definition) is 4. The molecule has 0 bridgehead atoms. The van der Waals surface area contributed by atoms with Crippen molar-refractivity contribution >= 4 is 63.6 Å². The van der Waals surface area contributed by atoms with Gasteiger partial charge in [-0.05, 0) is 113 Å². The molecule has 17 nitrogen and oxygen atoms in total. The van der Waals surface area contributed by atoms with E-state index < -0.39 is 57.5 Å². The van der Waals surface area contributed by atoms with Gasteiger partial charge in [0.2, 0.25) is 11.1 Å². The third kappa shape index (κ3) is 12.1. The number of benzene rings is 4. The molecule has 4 heterocycles. The van der Waals surface area contributed by atoms with Gasteiger partial charge in [-0.15, -0.1) is 0 Å². The van der Waals surface area contributed by atoms with E-state index in [9.17, 15) is 40.9 Å². The second kappa shape index (κ2) is 24.0. The average Bonchev–Trinajstić information content (AvgIpc) is 3.38. The molecule has 4 aromatic carbocycles. The molecule has 0 saturated carbocycles. The highest BCUT2D eigenvalue weighted by Crippen LogP contribution is 2.41. The van der Waals surface area contributed by atoms with Crippen molar-refractivity contribution < 1.29 is 40.9 Å². The summed E-state index contributed by atoms with van der Waals surface area (Å²) in [7, 11) is 4.13. The molecule has 0 aliphatic carbocycles. The van der Waals surface area contributed by atoms with Crippen LogP contribution in [0.25, 0.3) is 22.5 Å². The minimum Gasteiger partial charge on any atom is -0.352 e. The van der Waals surface area contributed by atoms with Gasteiger partial charge < -0.3 is 31.1 Å². The molecule has 2 aliphatic rings. The highest BCUT2D eigenvalue weighted by Gasteiger charge is 2.36. The second-order valence-corrected chi connectivity index (χ2v) is 19.3. The van der Waals surface area contributed by atoms with Crippen molar-refractivity contribution in [2.75, 3.05) is 68.3 Å². The number of anilines is 5. The predicted molar refractivity (Wildman–Crippen MR) is 280 cm³/mol. The number of carbonyl (C=O) groups excluding carboxylic acids is 4. The molecule has 0 fully saturated rings. The molecule has 6 amide bonds. The summed E-state index contributed by atoms with van der Waals surface area (Å²) in [5, 5.41) is 10.9. The number of para-hydroxylation sites is 2. The zero-order valence-corrected chi connectivity index (χ0v) is 43.6. The third-order valence-electron chi connectivity index (χ3n) is 12.2. The number of hydrogen-bond acceptors (Lipinski definition) is 11. The monoisotopic (exact) mass is 1050 g/mol. The van der Waals surface area contributed by atoms with Crippen molar-refractivity contribution in [3.63, 3.8) is 0 Å². The van der Waals surface area contributed by atoms with Crippen LogP contribution in [0.1, 0.15) is 76.1 Å². The molecule has 4 N–H and O–H groups in total. The van der Waals surface area contributed by atoms with Crippen LogP contribution in [0.15, 0.2) is 78.0 Å². The lowest BCUT2D eigenvalue weighted by molar-refractivity contribution is 0.0945. The number of aromatic nitrogens is 4. The fourth-order valence-corrected chi connectivity index (χ4v) is 8.73. The van der Waals surface area contributed by atoms with E-state index in [-0.39, 0.29) is 41.7 Å². The Bertz CT molecular complexity index is 3160. The molecule has 1 atom stereocenters. The predicted octanol–water partition coefficient (Wildman–Crippen LogP) is 8.59. The number of nitrogens with one attached hydrogen (secondary N) is 4. The molecule has 75 heavy (non-hydrogen) atoms. The van der Waals surface area contributed by atoms with E-state index in [0.29, 0.717) is 70.4 Å². The Kier molecular flexibility index (Phi) is 17.6. The molecule has 0 spiro atoms. The lowest BCUT2D eigenvalue weighted by atomic mass is 9.97. The Morgan fingerprint density at radius 2 is 1.09 bits per heavy atom. The lowest BCUT2D eigenvalue weighted by Gasteiger charge is -2.32. The number of urea groups is 2. The van der Waals surface area contributed by atoms with E-state index in [1.807, 2.05) is 59.8 Å². The van der Waals surface area contributed by atoms with Crippen LogP contribution in [0, 0.1) is 37.1 Å². The fourth-order valence-electron chi connectivity index (χ4n) is 8.29. The van der Waals surface area contributed by atoms with Crippen LogP contribution in [-0.2, 0) is 23.9 Å². The first-order chi connectivity index (χ1) is 35.8. The summed E-state index contributed by atoms with van der Waals surface area (Å²) in [6.07, 6.45) is 3.76. The van der Waals surface area contributed by atoms with Crippen molar-refractivity contribution in [1.29, 1.82) is 0 Å². The maximum atomic E-state index is 15.0. The summed E-state index contributed by atoms with van der Waals surface area (Å²) in [5.74, 6) is -3.88. The second-order valence-electron chi connectivity index (χ2n) is 18.1. The highest BCUT2D eigenvalue weighted by atomic mass is 32.2. The maximum absolute atomic E-state index is 15.0. The third-order valence-corrected chi connectivity index (χ3v) is 12.9. The molecule has 1 unspecified atom stereocenters. The van der Waals surface area contributed by atoms with Gasteiger partial charge in [-0.25, -0.2) is 51.9 Å². The largest absolute Gasteiger partial charge is 0.352 e. The van der Waals surface area contributed by atoms with E-state index in [1.165, 1.54) is 18.4 Å². The van der Waals surface area contributed by atoms with Gasteiger partial charge in [-0.1, -0.05) is 38.1 Å². The molecule has 0 saturated heterocycles. The molecule has 22 heteroatoms. The van der Waals surface area contributed by atoms with Gasteiger partial charge >= 0.3 is 12.1 Å². The number of amides is 6. The molecule has 2 aromatic heterocycles. The Morgan fingerprint density at radius 1 is 0.653 bits per heavy atom. The quantitative estimate of drug-likeness (QED) is 0.0535. The summed E-state index contributed by atoms with van der Waals surface area (Å²) >= 11 is 0. The molecular weight excluding hydrogens is 993 g/mol. The normalized spacial score (nSPS) is 13.2. The van der Waals surface area contributed by atoms with Gasteiger partial charge in [0.15, 0.2) is 11.6 Å². The molecular formula is C53H58F4N12O5S. The number of aryl methyl sites for hydroxylation is 2. The Hall–Kier alpha value is -7.85. The van der Waals surface area contributed by atoms with E-state index in [1.54, 1.807) is 30.3 Å². The Labute approximate surface area is 434 Å². The van der Waals surface area contributed by atoms with Gasteiger partial charge in [0.05, 0.1) is 35.3 Å². The van der Waals surface area contributed by atoms with Crippen LogP contribution in [0.2, 0.25) is 0 Å². The average molecular weight is 1050 g/mol. The topological polar surface area (TPSA) is 198 Å². The zero-order valence-electron chi connectivity index (χ0n) is 42.8. The first-order valence-corrected chi connectivity index (χ1v) is 25.7. The van der Waals surface area contributed by atoms with Crippen molar-refractivity contribution in [1.82, 2.24) is 46.1 Å². The lowest BCUT2D eigenvalue weighted by Crippen LogP contribution is -2.43. The summed E-state index contributed by atoms with van der Waals surface area (Å²) in [4.78, 5) is 75.2. The van der Waals surface area contributed by atoms with Crippen molar-refractivity contribution in [2.24, 2.45) is 0 Å². The van der Waals surface area contributed by atoms with E-state index in [4.69, 9.17) is 4.98 Å². The zero-order chi connectivity index (χ0) is 54.2. The maximum Gasteiger partial charge on any atom is 0.328 e. The van der Waals surface area contributed by atoms with E-state index in [2.05, 4.69) is 41.1 Å². The SMILES string of the molecule is CCCNC(=O)c1ccc(C)c(-c2nc(N(C)CCCN(C)C)nc3c2CNC(=O)N3c2c(F)cccc2F)c1.CCCNC(=O)c1ccc(C)c(-c2nc(S(C)=O)nc3c2CNC(=O)N3c2c(F)cccc2F)c1. The standard InChI is InChI=1S/C29H35F2N7O2.C24H23F2N5O3S/c1-6-13-32-27(39)19-12-11-18(2)20(16-19)24-21-17-33-29(40)38(25-22(30)9-7-10-23(25)31)26(21)35-28(34-24)37(5)15-8-14-36(3)4;1-4-10-27-22(32)14-9-8-13(2)15(11-14)19-16-12-28-24(33)31(20-17(25)6-5-7-18(20)26)21(16)30-23(29-19)35(3)34/h7,9-12,16H,6,8,13-15,17H2,1-5H3,(H,32,39)(H,33,40);5-9,11H,4,10,12H2,1-3H3,(H,27,32)(H,28,33). The number of halogens is 4. The van der Waals surface area contributed by atoms with Gasteiger partial charge in [0.1, 0.15) is 34.6 Å². The smallest absolute Gasteiger partial charge is 0.328 e. The van der Waals surface area contributed by atoms with Crippen molar-refractivity contribution in [3.8, 4) is 22.5 Å². The summed E-state index contributed by atoms with van der Waals surface area (Å²) in [6, 6.07) is 15.6. The van der Waals surface area contributed by atoms with Crippen LogP contribution < -0.4 is 36.0 Å². The van der Waals surface area contributed by atoms with Crippen LogP contribution in [-0.4, -0.2) is 106 Å². The first kappa shape index (κ1) is 54.9. The van der Waals surface area contributed by atoms with Crippen LogP contribution in [0.3, 0.4) is 0 Å². The number of carbonyl (C=O) groups is 4. The van der Waals surface area contributed by atoms with Crippen LogP contribution >= 0.6 is 0 Å². The van der Waals surface area contributed by atoms with Crippen molar-refractivity contribution in [3.05, 3.63) is 129 Å².